The molecular formula is C44H62N4O12. The van der Waals surface area contributed by atoms with Crippen molar-refractivity contribution in [1.82, 2.24) is 9.91 Å². The number of likely N-dealkylation sites (N-methyl/N-ethyl adjacent to an activating group) is 1. The van der Waals surface area contributed by atoms with Crippen molar-refractivity contribution in [2.45, 2.75) is 86.4 Å². The van der Waals surface area contributed by atoms with Gasteiger partial charge in [0, 0.05) is 88.0 Å². The third kappa shape index (κ3) is 10.2. The van der Waals surface area contributed by atoms with Gasteiger partial charge in [0.1, 0.15) is 23.4 Å². The van der Waals surface area contributed by atoms with Gasteiger partial charge in [-0.2, -0.15) is 5.10 Å². The zero-order valence-electron chi connectivity index (χ0n) is 36.5. The first-order valence-electron chi connectivity index (χ1n) is 20.2. The van der Waals surface area contributed by atoms with Gasteiger partial charge in [-0.15, -0.1) is 0 Å². The van der Waals surface area contributed by atoms with E-state index in [2.05, 4.69) is 15.3 Å². The number of aliphatic hydroxyl groups is 2. The van der Waals surface area contributed by atoms with Gasteiger partial charge in [-0.25, -0.2) is 0 Å². The lowest BCUT2D eigenvalue weighted by atomic mass is 9.82. The number of aliphatic hydroxyl groups excluding tert-OH is 2. The molecule has 2 heterocycles. The van der Waals surface area contributed by atoms with Crippen molar-refractivity contribution >= 4 is 40.3 Å². The SMILES string of the molecule is CO[C@@H](/C=C/O[C@@]1(C)Oc2c(C)c(O)c3c(O)c(NC(=O)/C(C)=C\C=C\C(C)C)c(/C=N/N4CCN(C)CC4)c(O)c3c2C1=O)[C@@H](C)[C@@H](OC(C)=O)[C@H](C)[C@H](O)[C@H](C)CO. The summed E-state index contributed by atoms with van der Waals surface area (Å²) in [5, 5.41) is 64.5. The van der Waals surface area contributed by atoms with Crippen LogP contribution >= 0.6 is 0 Å². The number of benzene rings is 2. The summed E-state index contributed by atoms with van der Waals surface area (Å²) in [6.07, 6.45) is 6.63. The minimum absolute atomic E-state index is 0.0557. The number of hydrazone groups is 1. The Balaban J connectivity index is 1.78. The number of phenols is 3. The van der Waals surface area contributed by atoms with Gasteiger partial charge in [0.25, 0.3) is 11.7 Å². The number of carbonyl (C=O) groups is 3. The molecule has 1 fully saturated rings. The first-order valence-corrected chi connectivity index (χ1v) is 20.2. The number of hydrogen-bond donors (Lipinski definition) is 6. The van der Waals surface area contributed by atoms with E-state index in [0.717, 1.165) is 13.1 Å². The quantitative estimate of drug-likeness (QED) is 0.0236. The summed E-state index contributed by atoms with van der Waals surface area (Å²) >= 11 is 0. The van der Waals surface area contributed by atoms with Crippen LogP contribution in [0.5, 0.6) is 23.0 Å². The summed E-state index contributed by atoms with van der Waals surface area (Å²) in [5.41, 5.74) is -0.177. The molecule has 2 aliphatic rings. The maximum Gasteiger partial charge on any atom is 0.312 e. The normalized spacial score (nSPS) is 20.7. The van der Waals surface area contributed by atoms with E-state index in [9.17, 15) is 39.9 Å². The number of carbonyl (C=O) groups excluding carboxylic acids is 3. The van der Waals surface area contributed by atoms with Crippen molar-refractivity contribution in [2.75, 3.05) is 52.3 Å². The second kappa shape index (κ2) is 19.9. The van der Waals surface area contributed by atoms with Crippen LogP contribution in [-0.2, 0) is 23.8 Å². The van der Waals surface area contributed by atoms with Gasteiger partial charge in [-0.05, 0) is 32.9 Å². The van der Waals surface area contributed by atoms with E-state index < -0.39 is 76.8 Å². The number of piperazine rings is 1. The number of anilines is 1. The first kappa shape index (κ1) is 47.5. The summed E-state index contributed by atoms with van der Waals surface area (Å²) < 4.78 is 23.4. The molecular weight excluding hydrogens is 776 g/mol. The van der Waals surface area contributed by atoms with E-state index in [4.69, 9.17) is 18.9 Å². The standard InChI is InChI=1S/C44H62N4O12/c1-23(2)13-12-14-24(3)43(56)46-35-30(21-45-48-18-16-47(10)17-19-48)38(53)32-33(39(35)54)37(52)28(7)41-34(32)42(55)44(9,60-41)58-20-15-31(57-11)26(5)40(59-29(8)50)27(6)36(51)25(4)22-49/h12-15,20-21,23,25-27,31,36,40,49,51-54H,16-19,22H2,1-11H3,(H,46,56)/b13-12+,20-15+,24-14-,45-21+/t25-,26-,27-,31+,36-,40-,44+/m1/s1. The maximum absolute atomic E-state index is 14.4. The molecule has 4 rings (SSSR count). The van der Waals surface area contributed by atoms with Crippen LogP contribution in [0.1, 0.15) is 76.9 Å². The first-order chi connectivity index (χ1) is 28.2. The van der Waals surface area contributed by atoms with Gasteiger partial charge < -0.3 is 54.7 Å². The Hall–Kier alpha value is -5.16. The highest BCUT2D eigenvalue weighted by molar-refractivity contribution is 6.23. The van der Waals surface area contributed by atoms with Gasteiger partial charge in [0.15, 0.2) is 5.75 Å². The Kier molecular flexibility index (Phi) is 15.8. The average Bonchev–Trinajstić information content (AvgIpc) is 3.47. The van der Waals surface area contributed by atoms with E-state index >= 15 is 0 Å². The second-order valence-corrected chi connectivity index (χ2v) is 16.3. The zero-order valence-corrected chi connectivity index (χ0v) is 36.5. The van der Waals surface area contributed by atoms with Crippen LogP contribution in [0, 0.1) is 30.6 Å². The lowest BCUT2D eigenvalue weighted by molar-refractivity contribution is -0.159. The molecule has 2 aliphatic heterocycles. The number of aromatic hydroxyl groups is 3. The molecule has 330 valence electrons. The van der Waals surface area contributed by atoms with Crippen molar-refractivity contribution in [3.8, 4) is 23.0 Å². The van der Waals surface area contributed by atoms with Crippen LogP contribution in [0.15, 0.2) is 41.2 Å². The van der Waals surface area contributed by atoms with Gasteiger partial charge >= 0.3 is 11.8 Å². The Labute approximate surface area is 351 Å². The van der Waals surface area contributed by atoms with E-state index in [1.807, 2.05) is 27.0 Å². The molecule has 2 aromatic carbocycles. The summed E-state index contributed by atoms with van der Waals surface area (Å²) in [7, 11) is 3.42. The Morgan fingerprint density at radius 1 is 0.983 bits per heavy atom. The number of ether oxygens (including phenoxy) is 4. The molecule has 0 aromatic heterocycles. The van der Waals surface area contributed by atoms with Crippen LogP contribution in [0.2, 0.25) is 0 Å². The molecule has 16 nitrogen and oxygen atoms in total. The highest BCUT2D eigenvalue weighted by atomic mass is 16.7. The number of phenolic OH excluding ortho intramolecular Hbond substituents is 3. The van der Waals surface area contributed by atoms with Gasteiger partial charge in [0.05, 0.1) is 46.9 Å². The molecule has 1 saturated heterocycles. The molecule has 2 aromatic rings. The average molecular weight is 839 g/mol. The molecule has 16 heteroatoms. The number of ketones is 1. The van der Waals surface area contributed by atoms with Gasteiger partial charge in [-0.1, -0.05) is 52.8 Å². The number of amides is 1. The number of fused-ring (bicyclic) bond motifs is 3. The smallest absolute Gasteiger partial charge is 0.312 e. The molecule has 0 spiro atoms. The van der Waals surface area contributed by atoms with Gasteiger partial charge in [0.2, 0.25) is 0 Å². The molecule has 7 atom stereocenters. The van der Waals surface area contributed by atoms with Crippen LogP contribution < -0.4 is 10.1 Å². The molecule has 0 bridgehead atoms. The van der Waals surface area contributed by atoms with E-state index in [1.54, 1.807) is 44.9 Å². The topological polar surface area (TPSA) is 220 Å². The lowest BCUT2D eigenvalue weighted by Crippen LogP contribution is -2.44. The molecule has 0 unspecified atom stereocenters. The lowest BCUT2D eigenvalue weighted by Gasteiger charge is -2.36. The number of Topliss-reactive ketones (excluding diaryl/α,β-unsaturated/α-hetero) is 1. The Bertz CT molecular complexity index is 2040. The fourth-order valence-corrected chi connectivity index (χ4v) is 7.32. The summed E-state index contributed by atoms with van der Waals surface area (Å²) in [4.78, 5) is 42.2. The monoisotopic (exact) mass is 838 g/mol. The molecule has 6 N–H and O–H groups in total. The number of rotatable bonds is 17. The molecule has 0 radical (unpaired) electrons. The molecule has 0 aliphatic carbocycles. The van der Waals surface area contributed by atoms with Crippen LogP contribution in [0.4, 0.5) is 5.69 Å². The largest absolute Gasteiger partial charge is 0.507 e. The van der Waals surface area contributed by atoms with Crippen LogP contribution in [-0.4, -0.2) is 130 Å². The fourth-order valence-electron chi connectivity index (χ4n) is 7.32. The van der Waals surface area contributed by atoms with Crippen LogP contribution in [0.25, 0.3) is 10.8 Å². The highest BCUT2D eigenvalue weighted by Gasteiger charge is 2.50. The van der Waals surface area contributed by atoms with Gasteiger partial charge in [-0.3, -0.25) is 19.4 Å². The van der Waals surface area contributed by atoms with Crippen molar-refractivity contribution in [1.29, 1.82) is 0 Å². The maximum atomic E-state index is 14.4. The van der Waals surface area contributed by atoms with Crippen molar-refractivity contribution in [3.05, 3.63) is 52.8 Å². The minimum Gasteiger partial charge on any atom is -0.507 e. The predicted octanol–water partition coefficient (Wildman–Crippen LogP) is 4.97. The van der Waals surface area contributed by atoms with Crippen molar-refractivity contribution in [2.24, 2.45) is 28.8 Å². The second-order valence-electron chi connectivity index (χ2n) is 16.3. The fraction of sp³-hybridized carbons (Fsp3) is 0.545. The Morgan fingerprint density at radius 2 is 1.63 bits per heavy atom. The van der Waals surface area contributed by atoms with E-state index in [0.29, 0.717) is 18.7 Å². The number of hydrogen-bond acceptors (Lipinski definition) is 15. The molecule has 1 amide bonds. The van der Waals surface area contributed by atoms with E-state index in [1.165, 1.54) is 46.4 Å². The number of allylic oxidation sites excluding steroid dienone is 3. The number of nitrogens with zero attached hydrogens (tertiary/aromatic N) is 3. The van der Waals surface area contributed by atoms with Crippen molar-refractivity contribution < 1.29 is 58.9 Å². The predicted molar refractivity (Wildman–Crippen MR) is 227 cm³/mol. The third-order valence-electron chi connectivity index (χ3n) is 11.2. The minimum atomic E-state index is -2.05. The van der Waals surface area contributed by atoms with Crippen molar-refractivity contribution in [3.63, 3.8) is 0 Å². The zero-order chi connectivity index (χ0) is 44.8. The summed E-state index contributed by atoms with van der Waals surface area (Å²) in [6.45, 7) is 17.1. The highest BCUT2D eigenvalue weighted by Crippen LogP contribution is 2.55. The molecule has 60 heavy (non-hydrogen) atoms. The number of esters is 1. The number of methoxy groups -OCH3 is 1. The summed E-state index contributed by atoms with van der Waals surface area (Å²) in [6, 6.07) is 0. The summed E-state index contributed by atoms with van der Waals surface area (Å²) in [5.74, 6) is -7.15. The Morgan fingerprint density at radius 3 is 2.22 bits per heavy atom. The third-order valence-corrected chi connectivity index (χ3v) is 11.2. The number of nitrogens with one attached hydrogen (secondary N) is 1. The van der Waals surface area contributed by atoms with E-state index in [-0.39, 0.29) is 51.4 Å². The molecule has 0 saturated carbocycles. The van der Waals surface area contributed by atoms with Crippen LogP contribution in [0.3, 0.4) is 0 Å².